The van der Waals surface area contributed by atoms with Gasteiger partial charge in [0.1, 0.15) is 11.6 Å². The molecule has 1 heterocycles. The Bertz CT molecular complexity index is 880. The largest absolute Gasteiger partial charge is 0.386 e. The van der Waals surface area contributed by atoms with Gasteiger partial charge in [0.2, 0.25) is 0 Å². The number of carbonyl (C=O) groups excluding carboxylic acids is 1. The number of rotatable bonds is 5. The van der Waals surface area contributed by atoms with Gasteiger partial charge in [0.05, 0.1) is 18.0 Å². The minimum absolute atomic E-state index is 0.0186. The topological polar surface area (TPSA) is 80.0 Å². The van der Waals surface area contributed by atoms with Crippen LogP contribution in [0.25, 0.3) is 5.69 Å². The molecule has 0 aliphatic rings. The van der Waals surface area contributed by atoms with Crippen LogP contribution in [-0.4, -0.2) is 32.6 Å². The Labute approximate surface area is 141 Å². The quantitative estimate of drug-likeness (QED) is 0.742. The molecule has 0 aliphatic carbocycles. The Hall–Kier alpha value is -3.13. The van der Waals surface area contributed by atoms with Crippen molar-refractivity contribution < 1.29 is 18.7 Å². The van der Waals surface area contributed by atoms with Gasteiger partial charge in [-0.3, -0.25) is 4.79 Å². The van der Waals surface area contributed by atoms with E-state index in [0.717, 1.165) is 0 Å². The molecule has 0 spiro atoms. The maximum absolute atomic E-state index is 13.6. The molecule has 0 fully saturated rings. The van der Waals surface area contributed by atoms with Crippen LogP contribution in [0, 0.1) is 11.6 Å². The first-order valence-corrected chi connectivity index (χ1v) is 7.43. The van der Waals surface area contributed by atoms with E-state index in [4.69, 9.17) is 0 Å². The Morgan fingerprint density at radius 2 is 1.88 bits per heavy atom. The van der Waals surface area contributed by atoms with Crippen molar-refractivity contribution in [2.45, 2.75) is 6.10 Å². The summed E-state index contributed by atoms with van der Waals surface area (Å²) in [6.45, 7) is -0.177. The van der Waals surface area contributed by atoms with E-state index >= 15 is 0 Å². The Kier molecular flexibility index (Phi) is 4.80. The Morgan fingerprint density at radius 3 is 2.60 bits per heavy atom. The number of nitrogens with one attached hydrogen (secondary N) is 1. The number of hydrogen-bond acceptors (Lipinski definition) is 4. The molecule has 1 aromatic heterocycles. The number of aromatic nitrogens is 3. The summed E-state index contributed by atoms with van der Waals surface area (Å²) in [5, 5.41) is 20.4. The highest BCUT2D eigenvalue weighted by Gasteiger charge is 2.16. The van der Waals surface area contributed by atoms with Crippen molar-refractivity contribution in [3.05, 3.63) is 77.6 Å². The summed E-state index contributed by atoms with van der Waals surface area (Å²) in [7, 11) is 0. The lowest BCUT2D eigenvalue weighted by molar-refractivity contribution is 0.0908. The van der Waals surface area contributed by atoms with E-state index < -0.39 is 23.6 Å². The third-order valence-electron chi connectivity index (χ3n) is 3.50. The first kappa shape index (κ1) is 16.7. The van der Waals surface area contributed by atoms with Crippen molar-refractivity contribution in [3.8, 4) is 5.69 Å². The van der Waals surface area contributed by atoms with Gasteiger partial charge in [-0.05, 0) is 30.3 Å². The van der Waals surface area contributed by atoms with Crippen LogP contribution in [0.1, 0.15) is 22.2 Å². The lowest BCUT2D eigenvalue weighted by atomic mass is 10.1. The summed E-state index contributed by atoms with van der Waals surface area (Å²) in [5.41, 5.74) is 0.606. The molecular weight excluding hydrogens is 330 g/mol. The second-order valence-electron chi connectivity index (χ2n) is 5.24. The summed E-state index contributed by atoms with van der Waals surface area (Å²) < 4.78 is 26.5. The molecule has 0 bridgehead atoms. The van der Waals surface area contributed by atoms with Crippen molar-refractivity contribution in [2.75, 3.05) is 6.54 Å². The molecule has 2 aromatic carbocycles. The number of amides is 1. The Morgan fingerprint density at radius 1 is 1.16 bits per heavy atom. The molecule has 1 amide bonds. The molecule has 1 unspecified atom stereocenters. The first-order chi connectivity index (χ1) is 12.0. The van der Waals surface area contributed by atoms with Gasteiger partial charge in [-0.15, -0.1) is 5.10 Å². The van der Waals surface area contributed by atoms with Gasteiger partial charge in [-0.2, -0.15) is 9.90 Å². The lowest BCUT2D eigenvalue weighted by Crippen LogP contribution is -2.29. The molecule has 6 nitrogen and oxygen atoms in total. The molecule has 3 aromatic rings. The van der Waals surface area contributed by atoms with Gasteiger partial charge in [0.15, 0.2) is 5.69 Å². The molecule has 0 aliphatic heterocycles. The number of halogens is 2. The van der Waals surface area contributed by atoms with Gasteiger partial charge < -0.3 is 10.4 Å². The van der Waals surface area contributed by atoms with Gasteiger partial charge in [0, 0.05) is 12.1 Å². The molecule has 2 N–H and O–H groups in total. The van der Waals surface area contributed by atoms with Crippen LogP contribution < -0.4 is 5.32 Å². The van der Waals surface area contributed by atoms with Crippen LogP contribution in [0.15, 0.2) is 54.7 Å². The molecule has 0 saturated carbocycles. The second kappa shape index (κ2) is 7.18. The average molecular weight is 344 g/mol. The standard InChI is InChI=1S/C17H14F2N4O2/c18-11-5-7-12(8-6-11)23-21-9-15(22-23)17(25)20-10-16(24)13-3-1-2-4-14(13)19/h1-9,16,24H,10H2,(H,20,25). The van der Waals surface area contributed by atoms with Crippen LogP contribution in [0.5, 0.6) is 0 Å². The van der Waals surface area contributed by atoms with Crippen molar-refractivity contribution in [1.29, 1.82) is 0 Å². The molecule has 8 heteroatoms. The summed E-state index contributed by atoms with van der Waals surface area (Å²) in [6.07, 6.45) is 0.0612. The zero-order valence-corrected chi connectivity index (χ0v) is 12.9. The number of nitrogens with zero attached hydrogens (tertiary/aromatic N) is 3. The van der Waals surface area contributed by atoms with Crippen molar-refractivity contribution in [2.24, 2.45) is 0 Å². The van der Waals surface area contributed by atoms with Crippen molar-refractivity contribution in [1.82, 2.24) is 20.3 Å². The minimum atomic E-state index is -1.18. The molecule has 0 radical (unpaired) electrons. The fourth-order valence-electron chi connectivity index (χ4n) is 2.20. The molecule has 0 saturated heterocycles. The van der Waals surface area contributed by atoms with Crippen LogP contribution in [0.2, 0.25) is 0 Å². The summed E-state index contributed by atoms with van der Waals surface area (Å²) in [5.74, 6) is -1.51. The monoisotopic (exact) mass is 344 g/mol. The van der Waals surface area contributed by atoms with Gasteiger partial charge >= 0.3 is 0 Å². The maximum Gasteiger partial charge on any atom is 0.273 e. The van der Waals surface area contributed by atoms with E-state index in [1.54, 1.807) is 6.07 Å². The van der Waals surface area contributed by atoms with Gasteiger partial charge in [0.25, 0.3) is 5.91 Å². The zero-order valence-electron chi connectivity index (χ0n) is 12.9. The highest BCUT2D eigenvalue weighted by Crippen LogP contribution is 2.15. The van der Waals surface area contributed by atoms with Crippen LogP contribution in [0.4, 0.5) is 8.78 Å². The molecular formula is C17H14F2N4O2. The van der Waals surface area contributed by atoms with Crippen LogP contribution in [0.3, 0.4) is 0 Å². The number of hydrogen-bond donors (Lipinski definition) is 2. The van der Waals surface area contributed by atoms with Crippen LogP contribution in [-0.2, 0) is 0 Å². The van der Waals surface area contributed by atoms with Gasteiger partial charge in [-0.25, -0.2) is 8.78 Å². The highest BCUT2D eigenvalue weighted by molar-refractivity contribution is 5.91. The minimum Gasteiger partial charge on any atom is -0.386 e. The van der Waals surface area contributed by atoms with E-state index in [0.29, 0.717) is 5.69 Å². The summed E-state index contributed by atoms with van der Waals surface area (Å²) in [6, 6.07) is 11.2. The van der Waals surface area contributed by atoms with Gasteiger partial charge in [-0.1, -0.05) is 18.2 Å². The van der Waals surface area contributed by atoms with Crippen LogP contribution >= 0.6 is 0 Å². The Balaban J connectivity index is 1.64. The van der Waals surface area contributed by atoms with E-state index in [9.17, 15) is 18.7 Å². The third kappa shape index (κ3) is 3.86. The molecule has 1 atom stereocenters. The average Bonchev–Trinajstić information content (AvgIpc) is 3.10. The van der Waals surface area contributed by atoms with E-state index in [1.165, 1.54) is 53.5 Å². The predicted octanol–water partition coefficient (Wildman–Crippen LogP) is 2.01. The fourth-order valence-corrected chi connectivity index (χ4v) is 2.20. The number of aliphatic hydroxyl groups is 1. The lowest BCUT2D eigenvalue weighted by Gasteiger charge is -2.12. The SMILES string of the molecule is O=C(NCC(O)c1ccccc1F)c1cnn(-c2ccc(F)cc2)n1. The highest BCUT2D eigenvalue weighted by atomic mass is 19.1. The second-order valence-corrected chi connectivity index (χ2v) is 5.24. The van der Waals surface area contributed by atoms with E-state index in [1.807, 2.05) is 0 Å². The maximum atomic E-state index is 13.6. The molecule has 128 valence electrons. The third-order valence-corrected chi connectivity index (χ3v) is 3.50. The number of aliphatic hydroxyl groups excluding tert-OH is 1. The smallest absolute Gasteiger partial charge is 0.273 e. The number of benzene rings is 2. The molecule has 25 heavy (non-hydrogen) atoms. The normalized spacial score (nSPS) is 12.0. The first-order valence-electron chi connectivity index (χ1n) is 7.43. The van der Waals surface area contributed by atoms with Crippen molar-refractivity contribution in [3.63, 3.8) is 0 Å². The molecule has 3 rings (SSSR count). The van der Waals surface area contributed by atoms with E-state index in [2.05, 4.69) is 15.5 Å². The predicted molar refractivity (Wildman–Crippen MR) is 85.0 cm³/mol. The zero-order chi connectivity index (χ0) is 17.8. The summed E-state index contributed by atoms with van der Waals surface area (Å²) >= 11 is 0. The van der Waals surface area contributed by atoms with E-state index in [-0.39, 0.29) is 17.8 Å². The fraction of sp³-hybridized carbons (Fsp3) is 0.118. The number of carbonyl (C=O) groups is 1. The van der Waals surface area contributed by atoms with Crippen molar-refractivity contribution >= 4 is 5.91 Å². The summed E-state index contributed by atoms with van der Waals surface area (Å²) in [4.78, 5) is 13.3.